The second-order valence-corrected chi connectivity index (χ2v) is 15.9. The van der Waals surface area contributed by atoms with Crippen LogP contribution in [0, 0.1) is 23.0 Å². The average molecular weight is 902 g/mol. The molecule has 0 saturated carbocycles. The van der Waals surface area contributed by atoms with Gasteiger partial charge in [0.1, 0.15) is 11.4 Å². The number of carbonyl (C=O) groups is 3. The van der Waals surface area contributed by atoms with Gasteiger partial charge < -0.3 is 24.2 Å². The summed E-state index contributed by atoms with van der Waals surface area (Å²) in [6.45, 7) is 4.30. The summed E-state index contributed by atoms with van der Waals surface area (Å²) in [6, 6.07) is 19.5. The minimum absolute atomic E-state index is 0.0603. The zero-order valence-corrected chi connectivity index (χ0v) is 35.3. The summed E-state index contributed by atoms with van der Waals surface area (Å²) in [4.78, 5) is 57.4. The van der Waals surface area contributed by atoms with Gasteiger partial charge in [0.15, 0.2) is 16.7 Å². The van der Waals surface area contributed by atoms with E-state index >= 15 is 4.39 Å². The van der Waals surface area contributed by atoms with Crippen LogP contribution >= 0.6 is 12.2 Å². The molecular weight excluding hydrogens is 862 g/mol. The number of thiocarbonyl (C=S) groups is 1. The summed E-state index contributed by atoms with van der Waals surface area (Å²) in [7, 11) is 0. The topological polar surface area (TPSA) is 152 Å². The van der Waals surface area contributed by atoms with Crippen molar-refractivity contribution in [2.24, 2.45) is 0 Å². The maximum Gasteiger partial charge on any atom is 0.417 e. The fraction of sp³-hybridized carbons (Fsp3) is 0.311. The monoisotopic (exact) mass is 901 g/mol. The van der Waals surface area contributed by atoms with Gasteiger partial charge in [-0.15, -0.1) is 0 Å². The van der Waals surface area contributed by atoms with E-state index < -0.39 is 46.3 Å². The molecule has 0 unspecified atom stereocenters. The number of hydrogen-bond donors (Lipinski definition) is 1. The first-order valence-electron chi connectivity index (χ1n) is 20.1. The van der Waals surface area contributed by atoms with Crippen molar-refractivity contribution < 1.29 is 45.8 Å². The maximum absolute atomic E-state index is 15.3. The molecule has 0 spiro atoms. The van der Waals surface area contributed by atoms with Crippen molar-refractivity contribution in [3.8, 4) is 11.8 Å². The first-order valence-corrected chi connectivity index (χ1v) is 20.5. The highest BCUT2D eigenvalue weighted by Gasteiger charge is 2.51. The zero-order chi connectivity index (χ0) is 45.9. The lowest BCUT2D eigenvalue weighted by atomic mass is 10.0. The van der Waals surface area contributed by atoms with Gasteiger partial charge >= 0.3 is 6.18 Å². The van der Waals surface area contributed by atoms with E-state index in [-0.39, 0.29) is 98.1 Å². The second-order valence-electron chi connectivity index (χ2n) is 15.5. The zero-order valence-electron chi connectivity index (χ0n) is 34.5. The molecule has 5 aromatic rings. The number of carbonyl (C=O) groups excluding carboxylic acids is 3. The molecular formula is C45H40F5N7O6S. The van der Waals surface area contributed by atoms with Crippen LogP contribution in [-0.4, -0.2) is 94.4 Å². The molecule has 7 rings (SSSR count). The molecule has 0 aliphatic carbocycles. The van der Waals surface area contributed by atoms with E-state index in [1.165, 1.54) is 60.0 Å². The van der Waals surface area contributed by atoms with Gasteiger partial charge in [-0.05, 0) is 80.2 Å². The van der Waals surface area contributed by atoms with Crippen LogP contribution in [0.25, 0.3) is 10.8 Å². The normalized spacial score (nSPS) is 15.2. The first kappa shape index (κ1) is 45.3. The number of fused-ring (bicyclic) bond motifs is 1. The number of amides is 3. The van der Waals surface area contributed by atoms with Crippen molar-refractivity contribution in [2.45, 2.75) is 44.8 Å². The van der Waals surface area contributed by atoms with Crippen LogP contribution in [0.2, 0.25) is 0 Å². The van der Waals surface area contributed by atoms with Crippen molar-refractivity contribution in [3.05, 3.63) is 129 Å². The number of nitrogens with zero attached hydrogens (tertiary/aromatic N) is 6. The van der Waals surface area contributed by atoms with Crippen LogP contribution in [0.4, 0.5) is 33.3 Å². The van der Waals surface area contributed by atoms with Gasteiger partial charge in [0.2, 0.25) is 5.91 Å². The van der Waals surface area contributed by atoms with E-state index in [4.69, 9.17) is 21.7 Å². The number of aromatic nitrogens is 2. The summed E-state index contributed by atoms with van der Waals surface area (Å²) in [5.74, 6) is -2.87. The number of anilines is 2. The Balaban J connectivity index is 0.843. The van der Waals surface area contributed by atoms with Crippen LogP contribution in [0.15, 0.2) is 83.7 Å². The number of nitriles is 1. The molecule has 2 saturated heterocycles. The summed E-state index contributed by atoms with van der Waals surface area (Å²) in [5.41, 5.74) is -2.48. The van der Waals surface area contributed by atoms with Crippen LogP contribution in [-0.2, 0) is 26.9 Å². The van der Waals surface area contributed by atoms with Gasteiger partial charge in [0, 0.05) is 62.8 Å². The number of H-pyrrole nitrogens is 1. The van der Waals surface area contributed by atoms with Gasteiger partial charge in [-0.3, -0.25) is 24.1 Å². The number of benzene rings is 4. The van der Waals surface area contributed by atoms with Crippen molar-refractivity contribution in [3.63, 3.8) is 0 Å². The highest BCUT2D eigenvalue weighted by molar-refractivity contribution is 7.81. The van der Waals surface area contributed by atoms with Gasteiger partial charge in [0.25, 0.3) is 17.4 Å². The molecule has 2 aliphatic rings. The van der Waals surface area contributed by atoms with E-state index in [9.17, 15) is 42.0 Å². The predicted molar refractivity (Wildman–Crippen MR) is 229 cm³/mol. The number of alkyl halides is 3. The molecule has 2 aliphatic heterocycles. The van der Waals surface area contributed by atoms with Gasteiger partial charge in [-0.25, -0.2) is 13.9 Å². The summed E-state index contributed by atoms with van der Waals surface area (Å²) in [6.07, 6.45) is -4.17. The van der Waals surface area contributed by atoms with Crippen LogP contribution in [0.5, 0.6) is 5.75 Å². The molecule has 0 atom stereocenters. The number of aromatic amines is 1. The molecule has 64 heavy (non-hydrogen) atoms. The lowest BCUT2D eigenvalue weighted by Crippen LogP contribution is -2.50. The van der Waals surface area contributed by atoms with E-state index in [2.05, 4.69) is 10.2 Å². The molecule has 1 N–H and O–H groups in total. The molecule has 332 valence electrons. The number of nitrogens with one attached hydrogen (secondary N) is 1. The van der Waals surface area contributed by atoms with Crippen molar-refractivity contribution in [1.82, 2.24) is 20.0 Å². The standard InChI is InChI=1S/C45H40F5N7O6S/c1-44(2)42(61)56(29-10-9-28(26-51)34(24-29)45(48,49)50)43(64)57(44)30-11-13-38(36(47)25-30)63-20-5-19-62-21-14-39(58)54-15-17-55(18-16-54)41(60)33-22-27(8-12-35(33)46)23-37-31-6-3-4-7-32(31)40(59)53-52-37/h3-4,6-13,22,24-25H,5,14-21,23H2,1-2H3,(H,53,59). The minimum Gasteiger partial charge on any atom is -0.490 e. The maximum atomic E-state index is 15.3. The number of rotatable bonds is 13. The highest BCUT2D eigenvalue weighted by atomic mass is 32.1. The van der Waals surface area contributed by atoms with Crippen molar-refractivity contribution in [2.75, 3.05) is 55.8 Å². The Labute approximate surface area is 368 Å². The third kappa shape index (κ3) is 9.29. The van der Waals surface area contributed by atoms with E-state index in [1.54, 1.807) is 35.2 Å². The largest absolute Gasteiger partial charge is 0.490 e. The Morgan fingerprint density at radius 1 is 0.875 bits per heavy atom. The molecule has 13 nitrogen and oxygen atoms in total. The number of hydrogen-bond acceptors (Lipinski definition) is 9. The van der Waals surface area contributed by atoms with Crippen LogP contribution in [0.3, 0.4) is 0 Å². The fourth-order valence-corrected chi connectivity index (χ4v) is 8.17. The Morgan fingerprint density at radius 3 is 2.28 bits per heavy atom. The molecule has 0 bridgehead atoms. The third-order valence-corrected chi connectivity index (χ3v) is 11.4. The quantitative estimate of drug-likeness (QED) is 0.0763. The van der Waals surface area contributed by atoms with Crippen LogP contribution in [0.1, 0.15) is 59.4 Å². The lowest BCUT2D eigenvalue weighted by molar-refractivity contribution is -0.138. The van der Waals surface area contributed by atoms with Gasteiger partial charge in [-0.1, -0.05) is 24.3 Å². The van der Waals surface area contributed by atoms with Crippen LogP contribution < -0.4 is 20.1 Å². The first-order chi connectivity index (χ1) is 30.5. The van der Waals surface area contributed by atoms with E-state index in [0.717, 1.165) is 17.0 Å². The smallest absolute Gasteiger partial charge is 0.417 e. The molecule has 3 heterocycles. The SMILES string of the molecule is CC1(C)C(=O)N(c2ccc(C#N)c(C(F)(F)F)c2)C(=S)N1c1ccc(OCCCOCCC(=O)N2CCN(C(=O)c3cc(Cc4n[nH]c(=O)c5ccccc45)ccc3F)CC2)c(F)c1. The molecule has 0 radical (unpaired) electrons. The molecule has 3 amide bonds. The lowest BCUT2D eigenvalue weighted by Gasteiger charge is -2.35. The Kier molecular flexibility index (Phi) is 13.1. The van der Waals surface area contributed by atoms with E-state index in [0.29, 0.717) is 34.5 Å². The Morgan fingerprint density at radius 2 is 1.58 bits per heavy atom. The molecule has 2 fully saturated rings. The van der Waals surface area contributed by atoms with Crippen molar-refractivity contribution >= 4 is 57.2 Å². The van der Waals surface area contributed by atoms with Gasteiger partial charge in [0.05, 0.1) is 59.2 Å². The minimum atomic E-state index is -4.86. The number of ether oxygens (including phenoxy) is 2. The predicted octanol–water partition coefficient (Wildman–Crippen LogP) is 6.76. The molecule has 19 heteroatoms. The summed E-state index contributed by atoms with van der Waals surface area (Å²) >= 11 is 5.53. The summed E-state index contributed by atoms with van der Waals surface area (Å²) < 4.78 is 82.5. The third-order valence-electron chi connectivity index (χ3n) is 11.0. The Hall–Kier alpha value is -6.78. The Bertz CT molecular complexity index is 2750. The molecule has 1 aromatic heterocycles. The van der Waals surface area contributed by atoms with Crippen molar-refractivity contribution in [1.29, 1.82) is 5.26 Å². The fourth-order valence-electron chi connectivity index (χ4n) is 7.64. The second kappa shape index (κ2) is 18.5. The summed E-state index contributed by atoms with van der Waals surface area (Å²) in [5, 5.41) is 16.8. The average Bonchev–Trinajstić information content (AvgIpc) is 3.45. The highest BCUT2D eigenvalue weighted by Crippen LogP contribution is 2.40. The van der Waals surface area contributed by atoms with Gasteiger partial charge in [-0.2, -0.15) is 23.5 Å². The van der Waals surface area contributed by atoms with E-state index in [1.807, 2.05) is 0 Å². The molecule has 4 aromatic carbocycles. The number of halogens is 5. The number of piperazine rings is 1.